The van der Waals surface area contributed by atoms with Gasteiger partial charge in [-0.15, -0.1) is 0 Å². The molecule has 1 N–H and O–H groups in total. The molecule has 0 aromatic heterocycles. The number of benzene rings is 1. The average Bonchev–Trinajstić information content (AvgIpc) is 2.07. The first-order valence-corrected chi connectivity index (χ1v) is 9.01. The molecule has 0 fully saturated rings. The Morgan fingerprint density at radius 2 is 2.23 bits per heavy atom. The SMILES string of the molecule is CC(=O)[O][Hg][c]1ccc(O)c(C)c1. The molecule has 0 saturated heterocycles. The van der Waals surface area contributed by atoms with E-state index in [1.54, 1.807) is 6.07 Å². The molecular weight excluding hydrogens is 357 g/mol. The summed E-state index contributed by atoms with van der Waals surface area (Å²) in [5, 5.41) is 9.24. The van der Waals surface area contributed by atoms with Crippen molar-refractivity contribution in [3.63, 3.8) is 0 Å². The van der Waals surface area contributed by atoms with Gasteiger partial charge in [-0.1, -0.05) is 0 Å². The molecule has 0 atom stereocenters. The van der Waals surface area contributed by atoms with Crippen molar-refractivity contribution >= 4 is 9.04 Å². The van der Waals surface area contributed by atoms with Crippen LogP contribution in [0.15, 0.2) is 18.2 Å². The number of rotatable bonds is 2. The van der Waals surface area contributed by atoms with E-state index in [1.807, 2.05) is 19.1 Å². The van der Waals surface area contributed by atoms with E-state index in [2.05, 4.69) is 0 Å². The van der Waals surface area contributed by atoms with Gasteiger partial charge in [-0.05, 0) is 0 Å². The van der Waals surface area contributed by atoms with E-state index in [0.717, 1.165) is 8.64 Å². The normalized spacial score (nSPS) is 9.08. The van der Waals surface area contributed by atoms with Gasteiger partial charge in [0, 0.05) is 0 Å². The van der Waals surface area contributed by atoms with Crippen LogP contribution in [0.4, 0.5) is 0 Å². The van der Waals surface area contributed by atoms with E-state index in [4.69, 9.17) is 2.64 Å². The molecule has 1 rings (SSSR count). The van der Waals surface area contributed by atoms with Crippen molar-refractivity contribution in [3.8, 4) is 5.75 Å². The third-order valence-corrected chi connectivity index (χ3v) is 6.85. The Balaban J connectivity index is 2.68. The third-order valence-electron chi connectivity index (χ3n) is 1.70. The summed E-state index contributed by atoms with van der Waals surface area (Å²) in [6, 6.07) is 5.36. The number of phenols is 1. The second kappa shape index (κ2) is 4.60. The molecule has 0 aliphatic heterocycles. The van der Waals surface area contributed by atoms with Gasteiger partial charge in [0.25, 0.3) is 0 Å². The quantitative estimate of drug-likeness (QED) is 0.791. The number of hydrogen-bond acceptors (Lipinski definition) is 3. The van der Waals surface area contributed by atoms with Crippen molar-refractivity contribution in [2.45, 2.75) is 13.8 Å². The van der Waals surface area contributed by atoms with Crippen LogP contribution in [0.25, 0.3) is 0 Å². The fourth-order valence-electron chi connectivity index (χ4n) is 0.992. The van der Waals surface area contributed by atoms with Gasteiger partial charge in [0.15, 0.2) is 0 Å². The number of carbonyl (C=O) groups is 1. The standard InChI is InChI=1S/C7H7O.C2H4O2.Hg/c1-6-4-2-3-5-7(6)8;1-2(3)4;/h3-5,8H,1H3;1H3,(H,3,4);/q;;+1/p-1. The molecule has 0 spiro atoms. The van der Waals surface area contributed by atoms with Crippen LogP contribution >= 0.6 is 0 Å². The van der Waals surface area contributed by atoms with Crippen molar-refractivity contribution in [1.29, 1.82) is 0 Å². The summed E-state index contributed by atoms with van der Waals surface area (Å²) in [6.07, 6.45) is 0. The summed E-state index contributed by atoms with van der Waals surface area (Å²) in [7, 11) is 0. The third kappa shape index (κ3) is 3.34. The number of aromatic hydroxyl groups is 1. The van der Waals surface area contributed by atoms with Gasteiger partial charge < -0.3 is 0 Å². The van der Waals surface area contributed by atoms with E-state index in [1.165, 1.54) is 6.92 Å². The molecule has 0 bridgehead atoms. The van der Waals surface area contributed by atoms with Crippen LogP contribution in [0.5, 0.6) is 5.75 Å². The van der Waals surface area contributed by atoms with Crippen LogP contribution in [0, 0.1) is 6.92 Å². The molecule has 13 heavy (non-hydrogen) atoms. The van der Waals surface area contributed by atoms with E-state index in [-0.39, 0.29) is 5.97 Å². The number of phenolic OH excluding ortho intramolecular Hbond substituents is 1. The van der Waals surface area contributed by atoms with Gasteiger partial charge in [-0.25, -0.2) is 0 Å². The van der Waals surface area contributed by atoms with E-state index in [9.17, 15) is 9.90 Å². The van der Waals surface area contributed by atoms with Crippen molar-refractivity contribution in [1.82, 2.24) is 0 Å². The molecule has 66 valence electrons. The summed E-state index contributed by atoms with van der Waals surface area (Å²) in [4.78, 5) is 10.6. The zero-order chi connectivity index (χ0) is 9.84. The van der Waals surface area contributed by atoms with Crippen LogP contribution in [0.3, 0.4) is 0 Å². The molecule has 0 aliphatic rings. The summed E-state index contributed by atoms with van der Waals surface area (Å²) < 4.78 is 6.13. The fraction of sp³-hybridized carbons (Fsp3) is 0.222. The van der Waals surface area contributed by atoms with Crippen LogP contribution in [0.2, 0.25) is 0 Å². The predicted octanol–water partition coefficient (Wildman–Crippen LogP) is 0.887. The van der Waals surface area contributed by atoms with Crippen LogP contribution in [0.1, 0.15) is 12.5 Å². The summed E-state index contributed by atoms with van der Waals surface area (Å²) in [5.41, 5.74) is 0.838. The monoisotopic (exact) mass is 368 g/mol. The maximum atomic E-state index is 10.6. The second-order valence-corrected chi connectivity index (χ2v) is 8.32. The first-order valence-electron chi connectivity index (χ1n) is 4.01. The van der Waals surface area contributed by atoms with Gasteiger partial charge >= 0.3 is 90.0 Å². The molecule has 0 aliphatic carbocycles. The minimum atomic E-state index is -1.69. The maximum absolute atomic E-state index is 10.6. The Kier molecular flexibility index (Phi) is 3.72. The van der Waals surface area contributed by atoms with Crippen molar-refractivity contribution < 1.29 is 37.6 Å². The molecule has 0 amide bonds. The molecule has 4 heteroatoms. The van der Waals surface area contributed by atoms with Crippen molar-refractivity contribution in [2.75, 3.05) is 0 Å². The number of aryl methyl sites for hydroxylation is 1. The summed E-state index contributed by atoms with van der Waals surface area (Å²) in [5.74, 6) is 0.0902. The first kappa shape index (κ1) is 10.5. The van der Waals surface area contributed by atoms with Crippen molar-refractivity contribution in [2.24, 2.45) is 0 Å². The zero-order valence-corrected chi connectivity index (χ0v) is 13.2. The molecule has 1 aromatic carbocycles. The number of hydrogen-bond donors (Lipinski definition) is 1. The van der Waals surface area contributed by atoms with E-state index in [0.29, 0.717) is 5.75 Å². The Labute approximate surface area is 89.8 Å². The topological polar surface area (TPSA) is 46.5 Å². The summed E-state index contributed by atoms with van der Waals surface area (Å²) in [6.45, 7) is 3.26. The summed E-state index contributed by atoms with van der Waals surface area (Å²) >= 11 is -1.69. The minimum absolute atomic E-state index is 0.201. The Hall–Kier alpha value is -0.575. The van der Waals surface area contributed by atoms with E-state index >= 15 is 0 Å². The van der Waals surface area contributed by atoms with E-state index < -0.39 is 25.0 Å². The molecule has 0 radical (unpaired) electrons. The van der Waals surface area contributed by atoms with Gasteiger partial charge in [0.05, 0.1) is 0 Å². The zero-order valence-electron chi connectivity index (χ0n) is 7.70. The Morgan fingerprint density at radius 3 is 2.77 bits per heavy atom. The molecule has 0 saturated carbocycles. The average molecular weight is 367 g/mol. The van der Waals surface area contributed by atoms with Gasteiger partial charge in [-0.3, -0.25) is 0 Å². The van der Waals surface area contributed by atoms with Crippen LogP contribution < -0.4 is 3.07 Å². The van der Waals surface area contributed by atoms with Gasteiger partial charge in [-0.2, -0.15) is 0 Å². The molecule has 0 unspecified atom stereocenters. The van der Waals surface area contributed by atoms with Gasteiger partial charge in [0.2, 0.25) is 0 Å². The predicted molar refractivity (Wildman–Crippen MR) is 44.2 cm³/mol. The Morgan fingerprint density at radius 1 is 1.54 bits per heavy atom. The first-order chi connectivity index (χ1) is 6.09. The fourth-order valence-corrected chi connectivity index (χ4v) is 4.78. The van der Waals surface area contributed by atoms with Crippen molar-refractivity contribution in [3.05, 3.63) is 23.8 Å². The molecule has 1 aromatic rings. The van der Waals surface area contributed by atoms with Crippen LogP contribution in [-0.2, 0) is 32.5 Å². The Bertz CT molecular complexity index is 323. The molecular formula is C9H10HgO3. The molecule has 0 heterocycles. The molecule has 3 nitrogen and oxygen atoms in total. The number of carbonyl (C=O) groups excluding carboxylic acids is 1. The van der Waals surface area contributed by atoms with Gasteiger partial charge in [0.1, 0.15) is 0 Å². The second-order valence-electron chi connectivity index (χ2n) is 2.90. The van der Waals surface area contributed by atoms with Crippen LogP contribution in [-0.4, -0.2) is 11.1 Å².